The van der Waals surface area contributed by atoms with Gasteiger partial charge in [-0.15, -0.1) is 0 Å². The van der Waals surface area contributed by atoms with E-state index in [4.69, 9.17) is 10.5 Å². The van der Waals surface area contributed by atoms with Gasteiger partial charge in [0.25, 0.3) is 0 Å². The molecule has 0 aliphatic heterocycles. The van der Waals surface area contributed by atoms with Gasteiger partial charge in [0.05, 0.1) is 0 Å². The summed E-state index contributed by atoms with van der Waals surface area (Å²) in [7, 11) is 0. The Kier molecular flexibility index (Phi) is 11.5. The zero-order chi connectivity index (χ0) is 26.8. The van der Waals surface area contributed by atoms with E-state index in [1.165, 1.54) is 17.0 Å². The Morgan fingerprint density at radius 1 is 1.06 bits per heavy atom. The van der Waals surface area contributed by atoms with E-state index in [-0.39, 0.29) is 31.2 Å². The molecular weight excluding hydrogens is 452 g/mol. The van der Waals surface area contributed by atoms with Crippen molar-refractivity contribution in [2.45, 2.75) is 91.0 Å². The van der Waals surface area contributed by atoms with Gasteiger partial charge in [0.2, 0.25) is 17.7 Å². The molecule has 3 atom stereocenters. The molecule has 3 unspecified atom stereocenters. The molecule has 0 heterocycles. The molecule has 0 spiro atoms. The first-order valence-corrected chi connectivity index (χ1v) is 12.0. The van der Waals surface area contributed by atoms with Crippen molar-refractivity contribution < 1.29 is 29.0 Å². The first-order chi connectivity index (χ1) is 16.3. The molecule has 1 aromatic carbocycles. The van der Waals surface area contributed by atoms with Crippen molar-refractivity contribution in [3.05, 3.63) is 29.8 Å². The van der Waals surface area contributed by atoms with Gasteiger partial charge in [0, 0.05) is 19.0 Å². The minimum absolute atomic E-state index is 0.0209. The predicted octanol–water partition coefficient (Wildman–Crippen LogP) is 2.75. The lowest BCUT2D eigenvalue weighted by atomic mass is 10.0. The van der Waals surface area contributed by atoms with Crippen molar-refractivity contribution in [1.29, 1.82) is 0 Å². The van der Waals surface area contributed by atoms with Crippen LogP contribution < -0.4 is 16.4 Å². The number of benzene rings is 1. The number of hydrogen-bond acceptors (Lipinski definition) is 6. The molecule has 5 N–H and O–H groups in total. The van der Waals surface area contributed by atoms with Crippen LogP contribution in [0.1, 0.15) is 78.8 Å². The van der Waals surface area contributed by atoms with E-state index in [9.17, 15) is 24.3 Å². The van der Waals surface area contributed by atoms with Gasteiger partial charge in [-0.05, 0) is 65.2 Å². The van der Waals surface area contributed by atoms with Gasteiger partial charge in [-0.25, -0.2) is 4.79 Å². The largest absolute Gasteiger partial charge is 0.508 e. The van der Waals surface area contributed by atoms with Gasteiger partial charge in [-0.3, -0.25) is 14.4 Å². The Morgan fingerprint density at radius 2 is 1.66 bits per heavy atom. The third-order valence-corrected chi connectivity index (χ3v) is 5.17. The number of carbonyl (C=O) groups is 4. The lowest BCUT2D eigenvalue weighted by Crippen LogP contribution is -2.53. The van der Waals surface area contributed by atoms with Gasteiger partial charge < -0.3 is 31.1 Å². The maximum absolute atomic E-state index is 13.7. The number of carbonyl (C=O) groups excluding carboxylic acids is 4. The molecule has 10 nitrogen and oxygen atoms in total. The maximum atomic E-state index is 13.7. The summed E-state index contributed by atoms with van der Waals surface area (Å²) < 4.78 is 5.28. The highest BCUT2D eigenvalue weighted by Crippen LogP contribution is 2.25. The lowest BCUT2D eigenvalue weighted by molar-refractivity contribution is -0.142. The number of nitrogens with two attached hydrogens (primary N) is 1. The molecule has 196 valence electrons. The molecule has 4 amide bonds. The molecule has 0 aliphatic rings. The van der Waals surface area contributed by atoms with Crippen LogP contribution in [-0.4, -0.2) is 58.1 Å². The number of hydrogen-bond donors (Lipinski definition) is 4. The number of aromatic hydroxyl groups is 1. The van der Waals surface area contributed by atoms with Crippen LogP contribution in [0.3, 0.4) is 0 Å². The number of phenolic OH excluding ortho intramolecular Hbond substituents is 1. The van der Waals surface area contributed by atoms with Crippen LogP contribution in [0, 0.1) is 0 Å². The van der Waals surface area contributed by atoms with E-state index in [1.807, 2.05) is 13.8 Å². The fourth-order valence-electron chi connectivity index (χ4n) is 3.62. The second kappa shape index (κ2) is 13.6. The summed E-state index contributed by atoms with van der Waals surface area (Å²) in [4.78, 5) is 52.2. The highest BCUT2D eigenvalue weighted by molar-refractivity contribution is 5.92. The number of likely N-dealkylation sites (N-methyl/N-ethyl adjacent to an activating group) is 1. The quantitative estimate of drug-likeness (QED) is 0.352. The number of nitrogens with one attached hydrogen (secondary N) is 2. The van der Waals surface area contributed by atoms with E-state index in [2.05, 4.69) is 10.6 Å². The topological polar surface area (TPSA) is 151 Å². The summed E-state index contributed by atoms with van der Waals surface area (Å²) in [5.41, 5.74) is 4.98. The molecule has 1 rings (SSSR count). The Balaban J connectivity index is 3.34. The Hall–Kier alpha value is -3.30. The van der Waals surface area contributed by atoms with Crippen molar-refractivity contribution in [2.75, 3.05) is 6.54 Å². The van der Waals surface area contributed by atoms with E-state index in [0.29, 0.717) is 5.56 Å². The third-order valence-electron chi connectivity index (χ3n) is 5.17. The second-order valence-electron chi connectivity index (χ2n) is 9.52. The van der Waals surface area contributed by atoms with Crippen LogP contribution in [0.4, 0.5) is 4.79 Å². The lowest BCUT2D eigenvalue weighted by Gasteiger charge is -2.34. The van der Waals surface area contributed by atoms with Crippen molar-refractivity contribution in [3.8, 4) is 5.75 Å². The highest BCUT2D eigenvalue weighted by Gasteiger charge is 2.36. The normalized spacial score (nSPS) is 13.8. The molecule has 0 saturated heterocycles. The minimum Gasteiger partial charge on any atom is -0.508 e. The van der Waals surface area contributed by atoms with Gasteiger partial charge in [-0.1, -0.05) is 25.5 Å². The summed E-state index contributed by atoms with van der Waals surface area (Å²) >= 11 is 0. The average molecular weight is 493 g/mol. The Labute approximate surface area is 207 Å². The molecule has 1 aromatic rings. The van der Waals surface area contributed by atoms with Gasteiger partial charge in [-0.2, -0.15) is 0 Å². The summed E-state index contributed by atoms with van der Waals surface area (Å²) in [6.45, 7) is 10.8. The first-order valence-electron chi connectivity index (χ1n) is 12.0. The number of nitrogens with zero attached hydrogens (tertiary/aromatic N) is 1. The Morgan fingerprint density at radius 3 is 2.14 bits per heavy atom. The van der Waals surface area contributed by atoms with Crippen molar-refractivity contribution in [2.24, 2.45) is 5.73 Å². The standard InChI is InChI=1S/C25H40N4O6/c1-7-9-16(3)27-22(32)21(17-10-12-18(30)13-11-17)29(8-2)23(33)19(14-15-20(26)31)28-24(34)35-25(4,5)6/h10-13,16,19,21,30H,7-9,14-15H2,1-6H3,(H2,26,31)(H,27,32)(H,28,34). The zero-order valence-corrected chi connectivity index (χ0v) is 21.6. The van der Waals surface area contributed by atoms with Crippen molar-refractivity contribution in [3.63, 3.8) is 0 Å². The summed E-state index contributed by atoms with van der Waals surface area (Å²) in [6, 6.07) is 3.73. The molecule has 0 radical (unpaired) electrons. The van der Waals surface area contributed by atoms with Crippen LogP contribution in [0.2, 0.25) is 0 Å². The summed E-state index contributed by atoms with van der Waals surface area (Å²) in [6.07, 6.45) is 0.610. The second-order valence-corrected chi connectivity index (χ2v) is 9.52. The van der Waals surface area contributed by atoms with Crippen LogP contribution in [-0.2, 0) is 19.1 Å². The summed E-state index contributed by atoms with van der Waals surface area (Å²) in [5, 5.41) is 15.2. The molecule has 0 saturated carbocycles. The van der Waals surface area contributed by atoms with E-state index < -0.39 is 41.5 Å². The van der Waals surface area contributed by atoms with E-state index in [1.54, 1.807) is 39.8 Å². The molecule has 0 bridgehead atoms. The van der Waals surface area contributed by atoms with Crippen molar-refractivity contribution in [1.82, 2.24) is 15.5 Å². The SMILES string of the molecule is CCCC(C)NC(=O)C(c1ccc(O)cc1)N(CC)C(=O)C(CCC(N)=O)NC(=O)OC(C)(C)C. The fourth-order valence-corrected chi connectivity index (χ4v) is 3.62. The minimum atomic E-state index is -1.14. The summed E-state index contributed by atoms with van der Waals surface area (Å²) in [5.74, 6) is -1.56. The fraction of sp³-hybridized carbons (Fsp3) is 0.600. The third kappa shape index (κ3) is 10.2. The predicted molar refractivity (Wildman–Crippen MR) is 132 cm³/mol. The number of primary amides is 1. The monoisotopic (exact) mass is 492 g/mol. The molecule has 35 heavy (non-hydrogen) atoms. The Bertz CT molecular complexity index is 866. The van der Waals surface area contributed by atoms with Crippen LogP contribution in [0.5, 0.6) is 5.75 Å². The molecule has 10 heteroatoms. The number of phenols is 1. The number of alkyl carbamates (subject to hydrolysis) is 1. The molecule has 0 aromatic heterocycles. The van der Waals surface area contributed by atoms with Gasteiger partial charge >= 0.3 is 6.09 Å². The van der Waals surface area contributed by atoms with Crippen molar-refractivity contribution >= 4 is 23.8 Å². The van der Waals surface area contributed by atoms with Crippen LogP contribution in [0.25, 0.3) is 0 Å². The maximum Gasteiger partial charge on any atom is 0.408 e. The van der Waals surface area contributed by atoms with Gasteiger partial charge in [0.1, 0.15) is 23.4 Å². The highest BCUT2D eigenvalue weighted by atomic mass is 16.6. The van der Waals surface area contributed by atoms with Gasteiger partial charge in [0.15, 0.2) is 0 Å². The molecule has 0 fully saturated rings. The van der Waals surface area contributed by atoms with E-state index in [0.717, 1.165) is 12.8 Å². The zero-order valence-electron chi connectivity index (χ0n) is 21.6. The number of amides is 4. The first kappa shape index (κ1) is 29.7. The molecule has 0 aliphatic carbocycles. The van der Waals surface area contributed by atoms with Crippen LogP contribution >= 0.6 is 0 Å². The molecular formula is C25H40N4O6. The van der Waals surface area contributed by atoms with Crippen LogP contribution in [0.15, 0.2) is 24.3 Å². The van der Waals surface area contributed by atoms with E-state index >= 15 is 0 Å². The average Bonchev–Trinajstić information content (AvgIpc) is 2.73. The number of rotatable bonds is 12. The smallest absolute Gasteiger partial charge is 0.408 e. The number of ether oxygens (including phenoxy) is 1.